The molecule has 0 atom stereocenters. The number of allylic oxidation sites excluding steroid dienone is 1. The molecule has 2 aliphatic heterocycles. The number of aromatic hydroxyl groups is 1. The van der Waals surface area contributed by atoms with Gasteiger partial charge in [0.25, 0.3) is 0 Å². The first-order chi connectivity index (χ1) is 20.7. The van der Waals surface area contributed by atoms with Crippen LogP contribution < -0.4 is 10.2 Å². The van der Waals surface area contributed by atoms with Crippen LogP contribution >= 0.6 is 0 Å². The number of phenols is 1. The Morgan fingerprint density at radius 1 is 0.884 bits per heavy atom. The molecule has 3 aromatic carbocycles. The monoisotopic (exact) mass is 582 g/mol. The molecule has 2 fully saturated rings. The van der Waals surface area contributed by atoms with Crippen molar-refractivity contribution in [1.29, 1.82) is 0 Å². The van der Waals surface area contributed by atoms with Crippen molar-refractivity contribution >= 4 is 17.6 Å². The zero-order valence-electron chi connectivity index (χ0n) is 25.2. The number of esters is 2. The van der Waals surface area contributed by atoms with E-state index < -0.39 is 22.6 Å². The van der Waals surface area contributed by atoms with E-state index in [0.29, 0.717) is 37.9 Å². The summed E-state index contributed by atoms with van der Waals surface area (Å²) in [4.78, 5) is 28.7. The number of phenolic OH excluding ortho intramolecular Hbond substituents is 1. The van der Waals surface area contributed by atoms with E-state index in [4.69, 9.17) is 9.47 Å². The number of nitrogens with zero attached hydrogens (tertiary/aromatic N) is 1. The molecule has 2 saturated heterocycles. The minimum absolute atomic E-state index is 0.0305. The van der Waals surface area contributed by atoms with Gasteiger partial charge < -0.3 is 24.8 Å². The number of carbonyl (C=O) groups excluding carboxylic acids is 2. The van der Waals surface area contributed by atoms with E-state index in [9.17, 15) is 14.7 Å². The summed E-state index contributed by atoms with van der Waals surface area (Å²) in [6.07, 6.45) is 5.00. The number of carbonyl (C=O) groups is 2. The first-order valence-electron chi connectivity index (χ1n) is 15.1. The molecule has 0 spiro atoms. The summed E-state index contributed by atoms with van der Waals surface area (Å²) < 4.78 is 12.6. The maximum Gasteiger partial charge on any atom is 0.339 e. The Morgan fingerprint density at radius 3 is 2.14 bits per heavy atom. The molecule has 2 N–H and O–H groups in total. The summed E-state index contributed by atoms with van der Waals surface area (Å²) in [6, 6.07) is 24.6. The number of piperidine rings is 2. The van der Waals surface area contributed by atoms with Gasteiger partial charge >= 0.3 is 11.9 Å². The van der Waals surface area contributed by atoms with Crippen LogP contribution in [0.2, 0.25) is 0 Å². The van der Waals surface area contributed by atoms with Crippen LogP contribution in [0.5, 0.6) is 5.75 Å². The maximum absolute atomic E-state index is 13.2. The third kappa shape index (κ3) is 6.62. The van der Waals surface area contributed by atoms with E-state index in [2.05, 4.69) is 41.1 Å². The van der Waals surface area contributed by atoms with Gasteiger partial charge in [-0.1, -0.05) is 54.6 Å². The largest absolute Gasteiger partial charge is 0.508 e. The van der Waals surface area contributed by atoms with Crippen LogP contribution in [0, 0.1) is 5.41 Å². The lowest BCUT2D eigenvalue weighted by Crippen LogP contribution is -2.46. The molecule has 0 aliphatic carbocycles. The molecule has 2 aliphatic rings. The van der Waals surface area contributed by atoms with E-state index >= 15 is 0 Å². The molecule has 2 heterocycles. The smallest absolute Gasteiger partial charge is 0.339 e. The highest BCUT2D eigenvalue weighted by Crippen LogP contribution is 2.41. The molecule has 0 unspecified atom stereocenters. The Morgan fingerprint density at radius 2 is 1.51 bits per heavy atom. The summed E-state index contributed by atoms with van der Waals surface area (Å²) >= 11 is 0. The van der Waals surface area contributed by atoms with Gasteiger partial charge in [0.05, 0.1) is 11.0 Å². The van der Waals surface area contributed by atoms with Crippen molar-refractivity contribution in [2.24, 2.45) is 5.41 Å². The molecule has 0 saturated carbocycles. The molecule has 0 bridgehead atoms. The van der Waals surface area contributed by atoms with Crippen molar-refractivity contribution in [1.82, 2.24) is 5.32 Å². The van der Waals surface area contributed by atoms with Crippen molar-refractivity contribution < 1.29 is 24.2 Å². The summed E-state index contributed by atoms with van der Waals surface area (Å²) in [5, 5.41) is 13.3. The van der Waals surface area contributed by atoms with E-state index in [0.717, 1.165) is 42.7 Å². The van der Waals surface area contributed by atoms with Crippen LogP contribution in [0.4, 0.5) is 5.69 Å². The van der Waals surface area contributed by atoms with Crippen LogP contribution in [-0.4, -0.2) is 43.2 Å². The average Bonchev–Trinajstić information content (AvgIpc) is 3.02. The fourth-order valence-corrected chi connectivity index (χ4v) is 6.20. The van der Waals surface area contributed by atoms with Crippen molar-refractivity contribution in [3.05, 3.63) is 108 Å². The Hall–Kier alpha value is -4.10. The van der Waals surface area contributed by atoms with Crippen LogP contribution in [0.15, 0.2) is 91.5 Å². The van der Waals surface area contributed by atoms with Gasteiger partial charge in [-0.25, -0.2) is 4.79 Å². The summed E-state index contributed by atoms with van der Waals surface area (Å²) in [6.45, 7) is 10.6. The van der Waals surface area contributed by atoms with Gasteiger partial charge in [-0.15, -0.1) is 6.58 Å². The number of benzene rings is 3. The second kappa shape index (κ2) is 12.6. The van der Waals surface area contributed by atoms with Gasteiger partial charge in [-0.05, 0) is 74.8 Å². The van der Waals surface area contributed by atoms with Crippen LogP contribution in [0.3, 0.4) is 0 Å². The highest BCUT2D eigenvalue weighted by molar-refractivity contribution is 5.90. The number of nitrogens with one attached hydrogen (secondary N) is 1. The molecule has 0 amide bonds. The van der Waals surface area contributed by atoms with E-state index in [1.807, 2.05) is 44.2 Å². The Kier molecular flexibility index (Phi) is 8.92. The summed E-state index contributed by atoms with van der Waals surface area (Å²) in [5.41, 5.74) is 1.31. The zero-order chi connectivity index (χ0) is 30.5. The van der Waals surface area contributed by atoms with Crippen molar-refractivity contribution in [3.8, 4) is 5.75 Å². The Balaban J connectivity index is 1.33. The Bertz CT molecular complexity index is 1420. The van der Waals surface area contributed by atoms with E-state index in [-0.39, 0.29) is 11.7 Å². The molecular weight excluding hydrogens is 540 g/mol. The molecule has 5 rings (SSSR count). The molecular formula is C36H42N2O5. The minimum Gasteiger partial charge on any atom is -0.508 e. The van der Waals surface area contributed by atoms with Gasteiger partial charge in [0, 0.05) is 44.5 Å². The molecule has 226 valence electrons. The fourth-order valence-electron chi connectivity index (χ4n) is 6.20. The third-order valence-electron chi connectivity index (χ3n) is 8.91. The predicted octanol–water partition coefficient (Wildman–Crippen LogP) is 6.47. The minimum atomic E-state index is -0.772. The standard InChI is InChI=1S/C36H42N2O5/c1-4-17-34(2,3)33(41)43-35(18-22-37-23-19-35)29-13-15-30(16-14-29)38-24-20-36(21-25-38,28-10-6-5-7-11-28)42-32(40)27-9-8-12-31(39)26-27/h4-16,26,37,39H,1,17-25H2,2-3H3. The normalized spacial score (nSPS) is 18.0. The van der Waals surface area contributed by atoms with E-state index in [1.165, 1.54) is 12.1 Å². The topological polar surface area (TPSA) is 88.1 Å². The van der Waals surface area contributed by atoms with Gasteiger partial charge in [0.2, 0.25) is 0 Å². The van der Waals surface area contributed by atoms with Gasteiger partial charge in [-0.3, -0.25) is 4.79 Å². The molecule has 0 aromatic heterocycles. The first kappa shape index (κ1) is 30.4. The Labute approximate surface area is 254 Å². The van der Waals surface area contributed by atoms with Crippen molar-refractivity contribution in [2.75, 3.05) is 31.1 Å². The van der Waals surface area contributed by atoms with Gasteiger partial charge in [-0.2, -0.15) is 0 Å². The second-order valence-corrected chi connectivity index (χ2v) is 12.3. The number of hydrogen-bond donors (Lipinski definition) is 2. The highest BCUT2D eigenvalue weighted by Gasteiger charge is 2.43. The summed E-state index contributed by atoms with van der Waals surface area (Å²) in [7, 11) is 0. The van der Waals surface area contributed by atoms with Gasteiger partial charge in [0.1, 0.15) is 17.0 Å². The summed E-state index contributed by atoms with van der Waals surface area (Å²) in [5.74, 6) is -0.620. The number of rotatable bonds is 9. The first-order valence-corrected chi connectivity index (χ1v) is 15.1. The van der Waals surface area contributed by atoms with E-state index in [1.54, 1.807) is 18.2 Å². The fraction of sp³-hybridized carbons (Fsp3) is 0.389. The lowest BCUT2D eigenvalue weighted by atomic mass is 9.82. The molecule has 7 heteroatoms. The second-order valence-electron chi connectivity index (χ2n) is 12.3. The van der Waals surface area contributed by atoms with Crippen LogP contribution in [0.1, 0.15) is 67.4 Å². The maximum atomic E-state index is 13.2. The van der Waals surface area contributed by atoms with Crippen LogP contribution in [0.25, 0.3) is 0 Å². The zero-order valence-corrected chi connectivity index (χ0v) is 25.2. The quantitative estimate of drug-likeness (QED) is 0.221. The SMILES string of the molecule is C=CCC(C)(C)C(=O)OC1(c2ccc(N3CCC(OC(=O)c4cccc(O)c4)(c4ccccc4)CC3)cc2)CCNCC1. The molecule has 43 heavy (non-hydrogen) atoms. The highest BCUT2D eigenvalue weighted by atomic mass is 16.6. The third-order valence-corrected chi connectivity index (χ3v) is 8.91. The van der Waals surface area contributed by atoms with Gasteiger partial charge in [0.15, 0.2) is 0 Å². The number of ether oxygens (including phenoxy) is 2. The molecule has 7 nitrogen and oxygen atoms in total. The lowest BCUT2D eigenvalue weighted by molar-refractivity contribution is -0.175. The lowest BCUT2D eigenvalue weighted by Gasteiger charge is -2.43. The molecule has 3 aromatic rings. The predicted molar refractivity (Wildman–Crippen MR) is 168 cm³/mol. The number of anilines is 1. The average molecular weight is 583 g/mol. The van der Waals surface area contributed by atoms with Crippen molar-refractivity contribution in [2.45, 2.75) is 57.2 Å². The number of hydrogen-bond acceptors (Lipinski definition) is 7. The molecule has 0 radical (unpaired) electrons. The van der Waals surface area contributed by atoms with Crippen molar-refractivity contribution in [3.63, 3.8) is 0 Å². The van der Waals surface area contributed by atoms with Crippen LogP contribution in [-0.2, 0) is 25.5 Å².